The van der Waals surface area contributed by atoms with Crippen LogP contribution in [0.25, 0.3) is 0 Å². The van der Waals surface area contributed by atoms with Gasteiger partial charge < -0.3 is 9.47 Å². The van der Waals surface area contributed by atoms with Gasteiger partial charge in [0.25, 0.3) is 0 Å². The minimum absolute atomic E-state index is 0.0188. The number of rotatable bonds is 11. The maximum Gasteiger partial charge on any atom is 0.232 e. The third kappa shape index (κ3) is 14.2. The normalized spacial score (nSPS) is 11.9. The molecule has 0 bridgehead atoms. The van der Waals surface area contributed by atoms with Crippen molar-refractivity contribution in [1.29, 1.82) is 0 Å². The quantitative estimate of drug-likeness (QED) is 0.427. The molecule has 16 heavy (non-hydrogen) atoms. The van der Waals surface area contributed by atoms with Crippen LogP contribution in [0.5, 0.6) is 0 Å². The van der Waals surface area contributed by atoms with Gasteiger partial charge in [0.2, 0.25) is 9.05 Å². The number of ether oxygens (including phenoxy) is 2. The average molecular weight is 273 g/mol. The molecule has 0 heterocycles. The van der Waals surface area contributed by atoms with Gasteiger partial charge in [-0.25, -0.2) is 8.42 Å². The molecular formula is C10H21ClO4S. The fourth-order valence-electron chi connectivity index (χ4n) is 1.05. The summed E-state index contributed by atoms with van der Waals surface area (Å²) in [5.74, 6) is 0.0188. The highest BCUT2D eigenvalue weighted by Crippen LogP contribution is 2.01. The summed E-state index contributed by atoms with van der Waals surface area (Å²) < 4.78 is 31.7. The molecule has 0 aliphatic carbocycles. The SMILES string of the molecule is CCCCOCCOCCCCS(=O)(=O)Cl. The number of hydrogen-bond acceptors (Lipinski definition) is 4. The van der Waals surface area contributed by atoms with Crippen molar-refractivity contribution < 1.29 is 17.9 Å². The predicted molar refractivity (Wildman–Crippen MR) is 65.4 cm³/mol. The van der Waals surface area contributed by atoms with Crippen molar-refractivity contribution >= 4 is 19.7 Å². The molecule has 0 radical (unpaired) electrons. The first-order valence-electron chi connectivity index (χ1n) is 5.64. The Morgan fingerprint density at radius 1 is 0.938 bits per heavy atom. The van der Waals surface area contributed by atoms with Crippen molar-refractivity contribution in [2.45, 2.75) is 32.6 Å². The van der Waals surface area contributed by atoms with E-state index in [1.54, 1.807) is 0 Å². The van der Waals surface area contributed by atoms with Crippen molar-refractivity contribution in [3.63, 3.8) is 0 Å². The van der Waals surface area contributed by atoms with E-state index in [9.17, 15) is 8.42 Å². The molecule has 0 atom stereocenters. The molecule has 0 aromatic heterocycles. The van der Waals surface area contributed by atoms with Gasteiger partial charge in [-0.15, -0.1) is 0 Å². The van der Waals surface area contributed by atoms with Gasteiger partial charge in [-0.2, -0.15) is 0 Å². The molecule has 0 N–H and O–H groups in total. The molecule has 0 aromatic rings. The Labute approximate surface area is 103 Å². The van der Waals surface area contributed by atoms with Crippen LogP contribution < -0.4 is 0 Å². The van der Waals surface area contributed by atoms with Gasteiger partial charge in [0, 0.05) is 23.9 Å². The highest BCUT2D eigenvalue weighted by molar-refractivity contribution is 8.13. The van der Waals surface area contributed by atoms with Crippen molar-refractivity contribution in [2.75, 3.05) is 32.2 Å². The van der Waals surface area contributed by atoms with E-state index in [1.165, 1.54) is 0 Å². The standard InChI is InChI=1S/C10H21ClO4S/c1-2-3-6-14-8-9-15-7-4-5-10-16(11,12)13/h2-10H2,1H3. The number of halogens is 1. The van der Waals surface area contributed by atoms with E-state index in [0.29, 0.717) is 32.7 Å². The second-order valence-electron chi connectivity index (χ2n) is 3.53. The van der Waals surface area contributed by atoms with Gasteiger partial charge >= 0.3 is 0 Å². The van der Waals surface area contributed by atoms with Gasteiger partial charge in [-0.05, 0) is 19.3 Å². The fraction of sp³-hybridized carbons (Fsp3) is 1.00. The average Bonchev–Trinajstić information content (AvgIpc) is 2.19. The maximum absolute atomic E-state index is 10.6. The van der Waals surface area contributed by atoms with Crippen LogP contribution in [0.2, 0.25) is 0 Å². The maximum atomic E-state index is 10.6. The monoisotopic (exact) mass is 272 g/mol. The predicted octanol–water partition coefficient (Wildman–Crippen LogP) is 2.17. The Morgan fingerprint density at radius 2 is 1.50 bits per heavy atom. The summed E-state index contributed by atoms with van der Waals surface area (Å²) >= 11 is 0. The van der Waals surface area contributed by atoms with Crippen LogP contribution in [-0.4, -0.2) is 40.6 Å². The lowest BCUT2D eigenvalue weighted by Gasteiger charge is -2.04. The molecule has 0 saturated carbocycles. The van der Waals surface area contributed by atoms with Crippen LogP contribution in [0.15, 0.2) is 0 Å². The fourth-order valence-corrected chi connectivity index (χ4v) is 1.92. The van der Waals surface area contributed by atoms with Gasteiger partial charge in [-0.1, -0.05) is 13.3 Å². The van der Waals surface area contributed by atoms with E-state index in [0.717, 1.165) is 19.4 Å². The van der Waals surface area contributed by atoms with Crippen LogP contribution in [-0.2, 0) is 18.5 Å². The van der Waals surface area contributed by atoms with Gasteiger partial charge in [0.05, 0.1) is 19.0 Å². The summed E-state index contributed by atoms with van der Waals surface area (Å²) in [5, 5.41) is 0. The molecule has 0 saturated heterocycles. The van der Waals surface area contributed by atoms with Crippen LogP contribution in [0.3, 0.4) is 0 Å². The van der Waals surface area contributed by atoms with Gasteiger partial charge in [0.15, 0.2) is 0 Å². The van der Waals surface area contributed by atoms with E-state index in [2.05, 4.69) is 6.92 Å². The van der Waals surface area contributed by atoms with E-state index >= 15 is 0 Å². The third-order valence-electron chi connectivity index (χ3n) is 1.94. The van der Waals surface area contributed by atoms with Gasteiger partial charge in [-0.3, -0.25) is 0 Å². The summed E-state index contributed by atoms with van der Waals surface area (Å²) in [6.45, 7) is 4.63. The van der Waals surface area contributed by atoms with E-state index in [-0.39, 0.29) is 5.75 Å². The van der Waals surface area contributed by atoms with Gasteiger partial charge in [0.1, 0.15) is 0 Å². The Kier molecular flexibility index (Phi) is 10.4. The topological polar surface area (TPSA) is 52.6 Å². The summed E-state index contributed by atoms with van der Waals surface area (Å²) in [5.41, 5.74) is 0. The molecule has 4 nitrogen and oxygen atoms in total. The molecule has 0 fully saturated rings. The minimum Gasteiger partial charge on any atom is -0.379 e. The van der Waals surface area contributed by atoms with Crippen molar-refractivity contribution in [3.05, 3.63) is 0 Å². The molecule has 0 aliphatic rings. The van der Waals surface area contributed by atoms with E-state index < -0.39 is 9.05 Å². The molecule has 0 amide bonds. The molecule has 98 valence electrons. The molecule has 0 spiro atoms. The lowest BCUT2D eigenvalue weighted by molar-refractivity contribution is 0.0458. The summed E-state index contributed by atoms with van der Waals surface area (Å²) in [6.07, 6.45) is 3.46. The largest absolute Gasteiger partial charge is 0.379 e. The van der Waals surface area contributed by atoms with Crippen molar-refractivity contribution in [3.8, 4) is 0 Å². The molecule has 0 rings (SSSR count). The Bertz CT molecular complexity index is 241. The highest BCUT2D eigenvalue weighted by atomic mass is 35.7. The summed E-state index contributed by atoms with van der Waals surface area (Å²) in [7, 11) is 1.72. The lowest BCUT2D eigenvalue weighted by Crippen LogP contribution is -2.07. The molecule has 0 aromatic carbocycles. The Morgan fingerprint density at radius 3 is 2.00 bits per heavy atom. The molecular weight excluding hydrogens is 252 g/mol. The Hall–Kier alpha value is 0.160. The van der Waals surface area contributed by atoms with Crippen LogP contribution in [0, 0.1) is 0 Å². The molecule has 0 unspecified atom stereocenters. The second kappa shape index (κ2) is 10.3. The zero-order valence-electron chi connectivity index (χ0n) is 9.78. The lowest BCUT2D eigenvalue weighted by atomic mass is 10.4. The zero-order chi connectivity index (χ0) is 12.3. The third-order valence-corrected chi connectivity index (χ3v) is 3.18. The zero-order valence-corrected chi connectivity index (χ0v) is 11.4. The summed E-state index contributed by atoms with van der Waals surface area (Å²) in [4.78, 5) is 0. The first kappa shape index (κ1) is 16.2. The van der Waals surface area contributed by atoms with Crippen LogP contribution >= 0.6 is 10.7 Å². The minimum atomic E-state index is -3.34. The number of unbranched alkanes of at least 4 members (excludes halogenated alkanes) is 2. The van der Waals surface area contributed by atoms with Crippen LogP contribution in [0.1, 0.15) is 32.6 Å². The number of hydrogen-bond donors (Lipinski definition) is 0. The van der Waals surface area contributed by atoms with E-state index in [1.807, 2.05) is 0 Å². The van der Waals surface area contributed by atoms with Crippen molar-refractivity contribution in [2.24, 2.45) is 0 Å². The summed E-state index contributed by atoms with van der Waals surface area (Å²) in [6, 6.07) is 0. The molecule has 6 heteroatoms. The molecule has 0 aliphatic heterocycles. The first-order valence-corrected chi connectivity index (χ1v) is 8.12. The van der Waals surface area contributed by atoms with Crippen LogP contribution in [0.4, 0.5) is 0 Å². The van der Waals surface area contributed by atoms with Crippen molar-refractivity contribution in [1.82, 2.24) is 0 Å². The highest BCUT2D eigenvalue weighted by Gasteiger charge is 2.03. The smallest absolute Gasteiger partial charge is 0.232 e. The first-order chi connectivity index (χ1) is 7.56. The Balaban J connectivity index is 3.05. The second-order valence-corrected chi connectivity index (χ2v) is 6.42. The van der Waals surface area contributed by atoms with E-state index in [4.69, 9.17) is 20.2 Å².